The molecule has 0 unspecified atom stereocenters. The van der Waals surface area contributed by atoms with Crippen molar-refractivity contribution < 1.29 is 43.8 Å². The normalized spacial score (nSPS) is 18.8. The number of oxime groups is 1. The molecule has 17 nitrogen and oxygen atoms in total. The van der Waals surface area contributed by atoms with Crippen LogP contribution >= 0.6 is 23.3 Å². The van der Waals surface area contributed by atoms with E-state index in [1.54, 1.807) is 14.1 Å². The summed E-state index contributed by atoms with van der Waals surface area (Å²) in [4.78, 5) is 71.1. The topological polar surface area (TPSA) is 242 Å². The maximum absolute atomic E-state index is 13.1. The average molecular weight is 623 g/mol. The first-order valence-electron chi connectivity index (χ1n) is 12.1. The number of likely N-dealkylation sites (N-methyl/N-ethyl adjacent to an activating group) is 1. The van der Waals surface area contributed by atoms with Gasteiger partial charge in [-0.25, -0.2) is 4.79 Å². The number of carboxylic acids is 2. The van der Waals surface area contributed by atoms with Gasteiger partial charge in [-0.15, -0.1) is 11.8 Å². The number of aromatic hydroxyl groups is 1. The minimum atomic E-state index is -1.56. The lowest BCUT2D eigenvalue weighted by Crippen LogP contribution is -2.71. The van der Waals surface area contributed by atoms with Crippen molar-refractivity contribution in [2.24, 2.45) is 5.16 Å². The molecular formula is C23H26N8O9S2. The predicted molar refractivity (Wildman–Crippen MR) is 146 cm³/mol. The Balaban J connectivity index is 1.49. The number of amides is 2. The number of fused-ring (bicyclic) bond motifs is 1. The smallest absolute Gasteiger partial charge is 0.352 e. The highest BCUT2D eigenvalue weighted by molar-refractivity contribution is 8.00. The monoisotopic (exact) mass is 622 g/mol. The van der Waals surface area contributed by atoms with Gasteiger partial charge < -0.3 is 45.1 Å². The summed E-state index contributed by atoms with van der Waals surface area (Å²) in [5.41, 5.74) is 4.24. The van der Waals surface area contributed by atoms with Crippen LogP contribution in [0.2, 0.25) is 0 Å². The fourth-order valence-corrected chi connectivity index (χ4v) is 6.28. The summed E-state index contributed by atoms with van der Waals surface area (Å²) in [7, 11) is 4.76. The Morgan fingerprint density at radius 2 is 2.05 bits per heavy atom. The highest BCUT2D eigenvalue weighted by Crippen LogP contribution is 2.40. The van der Waals surface area contributed by atoms with E-state index in [-0.39, 0.29) is 57.9 Å². The molecule has 2 aromatic rings. The number of nitrogen functional groups attached to an aromatic ring is 1. The van der Waals surface area contributed by atoms with Crippen LogP contribution in [0.5, 0.6) is 5.75 Å². The van der Waals surface area contributed by atoms with Gasteiger partial charge in [-0.1, -0.05) is 5.16 Å². The largest absolute Gasteiger partial charge is 0.543 e. The fraction of sp³-hybridized carbons (Fsp3) is 0.391. The third kappa shape index (κ3) is 6.06. The zero-order chi connectivity index (χ0) is 30.9. The van der Waals surface area contributed by atoms with Gasteiger partial charge in [0.1, 0.15) is 30.8 Å². The van der Waals surface area contributed by atoms with Crippen LogP contribution < -0.4 is 21.6 Å². The van der Waals surface area contributed by atoms with Crippen molar-refractivity contribution in [2.45, 2.75) is 18.0 Å². The fourth-order valence-electron chi connectivity index (χ4n) is 4.51. The zero-order valence-corrected chi connectivity index (χ0v) is 24.1. The van der Waals surface area contributed by atoms with Crippen LogP contribution in [-0.4, -0.2) is 114 Å². The second-order valence-electron chi connectivity index (χ2n) is 9.90. The third-order valence-corrected chi connectivity index (χ3v) is 8.35. The van der Waals surface area contributed by atoms with Crippen LogP contribution in [-0.2, 0) is 25.8 Å². The molecule has 2 aliphatic heterocycles. The number of nitrogens with one attached hydrogen (secondary N) is 1. The number of nitrogens with zero attached hydrogens (tertiary/aromatic N) is 6. The predicted octanol–water partition coefficient (Wildman–Crippen LogP) is -2.78. The molecule has 0 spiro atoms. The maximum atomic E-state index is 13.1. The number of hydrogen-bond donors (Lipinski definition) is 4. The summed E-state index contributed by atoms with van der Waals surface area (Å²) in [5.74, 6) is -4.89. The molecule has 2 atom stereocenters. The number of anilines is 1. The van der Waals surface area contributed by atoms with Crippen molar-refractivity contribution >= 4 is 57.9 Å². The molecule has 1 fully saturated rings. The van der Waals surface area contributed by atoms with Crippen molar-refractivity contribution in [1.29, 1.82) is 0 Å². The molecule has 42 heavy (non-hydrogen) atoms. The second-order valence-corrected chi connectivity index (χ2v) is 11.8. The number of quaternary nitrogens is 1. The van der Waals surface area contributed by atoms with E-state index in [4.69, 9.17) is 10.6 Å². The van der Waals surface area contributed by atoms with Gasteiger partial charge in [-0.2, -0.15) is 9.36 Å². The number of carbonyl (C=O) groups is 4. The molecule has 0 aliphatic carbocycles. The second kappa shape index (κ2) is 11.8. The van der Waals surface area contributed by atoms with Gasteiger partial charge in [-0.3, -0.25) is 19.3 Å². The summed E-state index contributed by atoms with van der Waals surface area (Å²) < 4.78 is 5.31. The van der Waals surface area contributed by atoms with Crippen molar-refractivity contribution in [3.63, 3.8) is 0 Å². The molecule has 4 rings (SSSR count). The van der Waals surface area contributed by atoms with E-state index in [9.17, 15) is 39.3 Å². The lowest BCUT2D eigenvalue weighted by atomic mass is 10.0. The van der Waals surface area contributed by atoms with Crippen molar-refractivity contribution in [2.75, 3.05) is 45.8 Å². The number of carboxylic acid groups (broad SMARTS) is 2. The van der Waals surface area contributed by atoms with Gasteiger partial charge in [-0.05, 0) is 0 Å². The average Bonchev–Trinajstić information content (AvgIpc) is 3.35. The summed E-state index contributed by atoms with van der Waals surface area (Å²) in [5, 5.41) is 36.9. The Bertz CT molecular complexity index is 1580. The molecule has 5 N–H and O–H groups in total. The van der Waals surface area contributed by atoms with Crippen LogP contribution in [0.3, 0.4) is 0 Å². The number of β-lactam (4-membered cyclic amide) rings is 1. The number of rotatable bonds is 11. The first kappa shape index (κ1) is 30.5. The molecule has 2 aliphatic rings. The van der Waals surface area contributed by atoms with E-state index < -0.39 is 46.3 Å². The van der Waals surface area contributed by atoms with Gasteiger partial charge in [0.15, 0.2) is 10.9 Å². The van der Waals surface area contributed by atoms with Crippen LogP contribution in [0.1, 0.15) is 16.3 Å². The summed E-state index contributed by atoms with van der Waals surface area (Å²) in [6.45, 7) is 0.498. The third-order valence-electron chi connectivity index (χ3n) is 6.47. The van der Waals surface area contributed by atoms with E-state index in [1.807, 2.05) is 0 Å². The number of aromatic nitrogens is 3. The Kier molecular flexibility index (Phi) is 8.55. The first-order valence-corrected chi connectivity index (χ1v) is 13.9. The number of nitrogens with two attached hydrogens (primary N) is 1. The van der Waals surface area contributed by atoms with Crippen LogP contribution in [0, 0.1) is 0 Å². The number of pyridine rings is 1. The van der Waals surface area contributed by atoms with E-state index >= 15 is 0 Å². The standard InChI is InChI=1S/C23H26N8O9S2/c1-31(2,5-4-29-7-13(33)12(32)6-11(29)21(36)37)8-10-9-41-20-15(19(35)30(20)16(10)22(38)39)25-18(34)14(27-40-3)17-26-23(24)42-28-17/h6-7,15,20H,4-5,8-9H2,1-3H3,(H5-,24,25,26,28,33,34,36,37,38,39)/t15-,20+/m1/s1. The Morgan fingerprint density at radius 1 is 1.33 bits per heavy atom. The summed E-state index contributed by atoms with van der Waals surface area (Å²) in [6, 6.07) is -0.245. The molecule has 2 amide bonds. The minimum Gasteiger partial charge on any atom is -0.543 e. The van der Waals surface area contributed by atoms with Crippen LogP contribution in [0.4, 0.5) is 5.13 Å². The van der Waals surface area contributed by atoms with E-state index in [2.05, 4.69) is 19.8 Å². The zero-order valence-electron chi connectivity index (χ0n) is 22.5. The van der Waals surface area contributed by atoms with Gasteiger partial charge in [0.05, 0.1) is 45.0 Å². The molecule has 0 radical (unpaired) electrons. The van der Waals surface area contributed by atoms with Gasteiger partial charge in [0, 0.05) is 28.9 Å². The summed E-state index contributed by atoms with van der Waals surface area (Å²) in [6.07, 6.45) is 1.04. The molecule has 224 valence electrons. The van der Waals surface area contributed by atoms with Crippen molar-refractivity contribution in [3.8, 4) is 5.75 Å². The summed E-state index contributed by atoms with van der Waals surface area (Å²) >= 11 is 2.08. The molecule has 0 aromatic carbocycles. The minimum absolute atomic E-state index is 0.0772. The molecule has 4 heterocycles. The first-order chi connectivity index (χ1) is 19.7. The quantitative estimate of drug-likeness (QED) is 0.0859. The number of hydrogen-bond acceptors (Lipinski definition) is 14. The molecule has 0 bridgehead atoms. The maximum Gasteiger partial charge on any atom is 0.352 e. The molecule has 1 saturated heterocycles. The van der Waals surface area contributed by atoms with Crippen molar-refractivity contribution in [1.82, 2.24) is 24.1 Å². The van der Waals surface area contributed by atoms with Crippen molar-refractivity contribution in [3.05, 3.63) is 45.3 Å². The highest BCUT2D eigenvalue weighted by Gasteiger charge is 2.53. The van der Waals surface area contributed by atoms with E-state index in [0.717, 1.165) is 28.7 Å². The van der Waals surface area contributed by atoms with Gasteiger partial charge in [0.2, 0.25) is 17.0 Å². The van der Waals surface area contributed by atoms with Crippen LogP contribution in [0.15, 0.2) is 33.5 Å². The molecule has 19 heteroatoms. The Labute approximate surface area is 245 Å². The van der Waals surface area contributed by atoms with E-state index in [0.29, 0.717) is 5.57 Å². The van der Waals surface area contributed by atoms with Gasteiger partial charge in [0.25, 0.3) is 11.8 Å². The van der Waals surface area contributed by atoms with Gasteiger partial charge >= 0.3 is 5.97 Å². The lowest BCUT2D eigenvalue weighted by Gasteiger charge is -2.51. The lowest BCUT2D eigenvalue weighted by molar-refractivity contribution is -0.886. The molecular weight excluding hydrogens is 596 g/mol. The SMILES string of the molecule is CON=C(C(=O)N[C@@H]1C(=O)N2C(C(=O)[O-])=C(C[N+](C)(C)CCn3cc(O)c(=O)cc3C(=O)O)CS[C@@H]12)c1nsc(N)n1. The van der Waals surface area contributed by atoms with E-state index in [1.165, 1.54) is 23.4 Å². The Hall–Kier alpha value is -4.49. The van der Waals surface area contributed by atoms with Crippen LogP contribution in [0.25, 0.3) is 0 Å². The number of aliphatic carboxylic acids is 1. The number of aromatic carboxylic acids is 1. The highest BCUT2D eigenvalue weighted by atomic mass is 32.2. The number of thioether (sulfide) groups is 1. The Morgan fingerprint density at radius 3 is 2.64 bits per heavy atom. The molecule has 2 aromatic heterocycles. The number of carbonyl (C=O) groups excluding carboxylic acids is 3. The molecule has 0 saturated carbocycles.